The third kappa shape index (κ3) is 3.20. The molecule has 27 heavy (non-hydrogen) atoms. The highest BCUT2D eigenvalue weighted by molar-refractivity contribution is 6.08. The number of carbonyl (C=O) groups is 1. The van der Waals surface area contributed by atoms with Crippen LogP contribution in [0, 0.1) is 0 Å². The molecule has 0 saturated carbocycles. The second-order valence-electron chi connectivity index (χ2n) is 6.03. The van der Waals surface area contributed by atoms with Gasteiger partial charge in [-0.05, 0) is 12.1 Å². The van der Waals surface area contributed by atoms with E-state index in [-0.39, 0.29) is 16.9 Å². The van der Waals surface area contributed by atoms with Crippen molar-refractivity contribution in [1.82, 2.24) is 9.55 Å². The highest BCUT2D eigenvalue weighted by atomic mass is 16.1. The van der Waals surface area contributed by atoms with Gasteiger partial charge < -0.3 is 0 Å². The number of benzene rings is 3. The minimum Gasteiger partial charge on any atom is -0.288 e. The minimum absolute atomic E-state index is 0.0461. The van der Waals surface area contributed by atoms with E-state index in [2.05, 4.69) is 4.98 Å². The van der Waals surface area contributed by atoms with Gasteiger partial charge in [-0.25, -0.2) is 4.98 Å². The molecule has 0 aliphatic carbocycles. The van der Waals surface area contributed by atoms with Gasteiger partial charge in [-0.15, -0.1) is 0 Å². The summed E-state index contributed by atoms with van der Waals surface area (Å²) in [5.74, 6) is 0.161. The van der Waals surface area contributed by atoms with Gasteiger partial charge in [0, 0.05) is 17.3 Å². The maximum atomic E-state index is 13.3. The third-order valence-corrected chi connectivity index (χ3v) is 4.29. The Hall–Kier alpha value is -3.79. The first-order chi connectivity index (χ1) is 13.3. The highest BCUT2D eigenvalue weighted by Gasteiger charge is 2.19. The van der Waals surface area contributed by atoms with Gasteiger partial charge >= 0.3 is 0 Å². The molecule has 0 radical (unpaired) electrons. The lowest BCUT2D eigenvalue weighted by Crippen LogP contribution is -2.28. The lowest BCUT2D eigenvalue weighted by Gasteiger charge is -2.13. The molecule has 0 spiro atoms. The Kier molecular flexibility index (Phi) is 4.45. The van der Waals surface area contributed by atoms with Gasteiger partial charge in [0.1, 0.15) is 11.4 Å². The molecular formula is C23H16N2O2. The van der Waals surface area contributed by atoms with E-state index in [1.165, 1.54) is 10.8 Å². The number of hydrogen-bond donors (Lipinski definition) is 0. The Bertz CT molecular complexity index is 1140. The van der Waals surface area contributed by atoms with Crippen molar-refractivity contribution in [2.45, 2.75) is 0 Å². The monoisotopic (exact) mass is 352 g/mol. The molecule has 1 aromatic heterocycles. The molecule has 4 heteroatoms. The Morgan fingerprint density at radius 2 is 1.30 bits per heavy atom. The number of ketones is 1. The van der Waals surface area contributed by atoms with Crippen molar-refractivity contribution in [2.75, 3.05) is 0 Å². The van der Waals surface area contributed by atoms with Crippen molar-refractivity contribution in [2.24, 2.45) is 0 Å². The van der Waals surface area contributed by atoms with Crippen molar-refractivity contribution < 1.29 is 4.79 Å². The fraction of sp³-hybridized carbons (Fsp3) is 0. The van der Waals surface area contributed by atoms with Crippen molar-refractivity contribution in [3.05, 3.63) is 119 Å². The largest absolute Gasteiger partial charge is 0.288 e. The summed E-state index contributed by atoms with van der Waals surface area (Å²) in [7, 11) is 0. The Labute approximate surface area is 156 Å². The molecule has 0 aliphatic heterocycles. The summed E-state index contributed by atoms with van der Waals surface area (Å²) in [6, 6.07) is 27.5. The van der Waals surface area contributed by atoms with Gasteiger partial charge in [0.2, 0.25) is 0 Å². The van der Waals surface area contributed by atoms with Crippen LogP contribution in [0.3, 0.4) is 0 Å². The molecule has 0 unspecified atom stereocenters. The van der Waals surface area contributed by atoms with E-state index in [9.17, 15) is 9.59 Å². The molecule has 130 valence electrons. The molecule has 0 amide bonds. The van der Waals surface area contributed by atoms with Crippen LogP contribution in [0.25, 0.3) is 17.1 Å². The van der Waals surface area contributed by atoms with E-state index in [1.807, 2.05) is 66.7 Å². The molecule has 0 aliphatic rings. The molecule has 4 aromatic rings. The van der Waals surface area contributed by atoms with Gasteiger partial charge in [-0.2, -0.15) is 0 Å². The smallest absolute Gasteiger partial charge is 0.269 e. The first kappa shape index (κ1) is 16.7. The first-order valence-corrected chi connectivity index (χ1v) is 8.58. The fourth-order valence-corrected chi connectivity index (χ4v) is 2.96. The Morgan fingerprint density at radius 3 is 1.93 bits per heavy atom. The number of para-hydroxylation sites is 1. The first-order valence-electron chi connectivity index (χ1n) is 8.58. The van der Waals surface area contributed by atoms with Crippen molar-refractivity contribution >= 4 is 5.78 Å². The maximum Gasteiger partial charge on any atom is 0.269 e. The molecule has 0 bridgehead atoms. The molecule has 1 heterocycles. The molecule has 0 fully saturated rings. The van der Waals surface area contributed by atoms with E-state index in [4.69, 9.17) is 0 Å². The van der Waals surface area contributed by atoms with Gasteiger partial charge in [0.05, 0.1) is 5.69 Å². The lowest BCUT2D eigenvalue weighted by atomic mass is 10.1. The molecule has 0 saturated heterocycles. The van der Waals surface area contributed by atoms with Crippen LogP contribution in [0.2, 0.25) is 0 Å². The second-order valence-corrected chi connectivity index (χ2v) is 6.03. The van der Waals surface area contributed by atoms with Crippen LogP contribution in [0.4, 0.5) is 0 Å². The zero-order chi connectivity index (χ0) is 18.6. The van der Waals surface area contributed by atoms with Crippen LogP contribution < -0.4 is 5.56 Å². The molecule has 3 aromatic carbocycles. The van der Waals surface area contributed by atoms with Gasteiger partial charge in [-0.1, -0.05) is 78.9 Å². The number of nitrogens with zero attached hydrogens (tertiary/aromatic N) is 2. The predicted molar refractivity (Wildman–Crippen MR) is 105 cm³/mol. The Morgan fingerprint density at radius 1 is 0.741 bits per heavy atom. The average molecular weight is 352 g/mol. The van der Waals surface area contributed by atoms with Crippen LogP contribution in [0.5, 0.6) is 0 Å². The standard InChI is InChI=1S/C23H16N2O2/c26-21(17-10-4-1-5-11-17)20-16-24-22(18-12-6-2-7-13-18)25(23(20)27)19-14-8-3-9-15-19/h1-16H. The predicted octanol–water partition coefficient (Wildman–Crippen LogP) is 4.13. The quantitative estimate of drug-likeness (QED) is 0.519. The molecule has 4 rings (SSSR count). The summed E-state index contributed by atoms with van der Waals surface area (Å²) in [4.78, 5) is 30.6. The summed E-state index contributed by atoms with van der Waals surface area (Å²) in [6.07, 6.45) is 1.37. The topological polar surface area (TPSA) is 52.0 Å². The number of hydrogen-bond acceptors (Lipinski definition) is 3. The highest BCUT2D eigenvalue weighted by Crippen LogP contribution is 2.19. The van der Waals surface area contributed by atoms with Crippen LogP contribution in [-0.4, -0.2) is 15.3 Å². The maximum absolute atomic E-state index is 13.3. The van der Waals surface area contributed by atoms with Crippen LogP contribution in [-0.2, 0) is 0 Å². The summed E-state index contributed by atoms with van der Waals surface area (Å²) < 4.78 is 1.49. The lowest BCUT2D eigenvalue weighted by molar-refractivity contribution is 0.103. The molecule has 0 N–H and O–H groups in total. The summed E-state index contributed by atoms with van der Waals surface area (Å²) in [5.41, 5.74) is 1.59. The van der Waals surface area contributed by atoms with Gasteiger partial charge in [-0.3, -0.25) is 14.2 Å². The van der Waals surface area contributed by atoms with E-state index in [0.29, 0.717) is 17.1 Å². The fourth-order valence-electron chi connectivity index (χ4n) is 2.96. The van der Waals surface area contributed by atoms with Gasteiger partial charge in [0.25, 0.3) is 5.56 Å². The summed E-state index contributed by atoms with van der Waals surface area (Å²) in [6.45, 7) is 0. The zero-order valence-electron chi connectivity index (χ0n) is 14.4. The number of aromatic nitrogens is 2. The van der Waals surface area contributed by atoms with Crippen molar-refractivity contribution in [1.29, 1.82) is 0 Å². The Balaban J connectivity index is 1.95. The van der Waals surface area contributed by atoms with Crippen LogP contribution in [0.15, 0.2) is 102 Å². The van der Waals surface area contributed by atoms with Crippen molar-refractivity contribution in [3.8, 4) is 17.1 Å². The average Bonchev–Trinajstić information content (AvgIpc) is 2.75. The minimum atomic E-state index is -0.385. The van der Waals surface area contributed by atoms with E-state index in [1.54, 1.807) is 24.3 Å². The zero-order valence-corrected chi connectivity index (χ0v) is 14.4. The van der Waals surface area contributed by atoms with E-state index < -0.39 is 0 Å². The second kappa shape index (κ2) is 7.22. The number of rotatable bonds is 4. The third-order valence-electron chi connectivity index (χ3n) is 4.29. The van der Waals surface area contributed by atoms with E-state index in [0.717, 1.165) is 5.56 Å². The summed E-state index contributed by atoms with van der Waals surface area (Å²) in [5, 5.41) is 0. The van der Waals surface area contributed by atoms with Crippen LogP contribution >= 0.6 is 0 Å². The molecule has 0 atom stereocenters. The number of carbonyl (C=O) groups excluding carboxylic acids is 1. The van der Waals surface area contributed by atoms with Crippen molar-refractivity contribution in [3.63, 3.8) is 0 Å². The molecular weight excluding hydrogens is 336 g/mol. The van der Waals surface area contributed by atoms with Crippen LogP contribution in [0.1, 0.15) is 15.9 Å². The summed E-state index contributed by atoms with van der Waals surface area (Å²) >= 11 is 0. The van der Waals surface area contributed by atoms with Gasteiger partial charge in [0.15, 0.2) is 5.78 Å². The normalized spacial score (nSPS) is 10.5. The SMILES string of the molecule is O=C(c1ccccc1)c1cnc(-c2ccccc2)n(-c2ccccc2)c1=O. The molecule has 4 nitrogen and oxygen atoms in total. The van der Waals surface area contributed by atoms with E-state index >= 15 is 0 Å².